The van der Waals surface area contributed by atoms with Crippen molar-refractivity contribution in [2.24, 2.45) is 0 Å². The Bertz CT molecular complexity index is 512. The van der Waals surface area contributed by atoms with Gasteiger partial charge in [0.05, 0.1) is 0 Å². The van der Waals surface area contributed by atoms with Crippen LogP contribution in [0.1, 0.15) is 35.2 Å². The normalized spacial score (nSPS) is 11.7. The first-order chi connectivity index (χ1) is 9.40. The third kappa shape index (κ3) is 5.09. The van der Waals surface area contributed by atoms with Crippen molar-refractivity contribution in [1.29, 1.82) is 0 Å². The molecule has 3 N–H and O–H groups in total. The van der Waals surface area contributed by atoms with Gasteiger partial charge in [-0.1, -0.05) is 17.7 Å². The summed E-state index contributed by atoms with van der Waals surface area (Å²) in [6.45, 7) is 1.83. The molecular weight excluding hydrogens is 262 g/mol. The number of carbonyl (C=O) groups excluding carboxylic acids is 1. The first-order valence-electron chi connectivity index (χ1n) is 6.22. The van der Waals surface area contributed by atoms with E-state index in [1.54, 1.807) is 18.2 Å². The highest BCUT2D eigenvalue weighted by molar-refractivity contribution is 5.96. The molecule has 1 unspecified atom stereocenters. The summed E-state index contributed by atoms with van der Waals surface area (Å²) >= 11 is 0. The molecule has 0 aliphatic heterocycles. The van der Waals surface area contributed by atoms with Gasteiger partial charge in [-0.2, -0.15) is 0 Å². The van der Waals surface area contributed by atoms with Gasteiger partial charge in [-0.15, -0.1) is 0 Å². The predicted octanol–water partition coefficient (Wildman–Crippen LogP) is 1.43. The number of nitrogens with one attached hydrogen (secondary N) is 1. The summed E-state index contributed by atoms with van der Waals surface area (Å²) in [5.41, 5.74) is 1.28. The molecule has 1 atom stereocenters. The largest absolute Gasteiger partial charge is 0.481 e. The molecule has 0 bridgehead atoms. The first kappa shape index (κ1) is 15.7. The summed E-state index contributed by atoms with van der Waals surface area (Å²) in [5, 5.41) is 19.9. The summed E-state index contributed by atoms with van der Waals surface area (Å²) in [5.74, 6) is -2.63. The molecule has 0 saturated heterocycles. The average Bonchev–Trinajstić information content (AvgIpc) is 2.36. The van der Waals surface area contributed by atoms with Gasteiger partial charge in [0.15, 0.2) is 0 Å². The Balaban J connectivity index is 2.63. The number of benzene rings is 1. The Morgan fingerprint density at radius 1 is 1.25 bits per heavy atom. The van der Waals surface area contributed by atoms with E-state index in [2.05, 4.69) is 5.32 Å². The van der Waals surface area contributed by atoms with Gasteiger partial charge in [-0.3, -0.25) is 9.59 Å². The third-order valence-electron chi connectivity index (χ3n) is 2.77. The van der Waals surface area contributed by atoms with Gasteiger partial charge in [-0.25, -0.2) is 4.79 Å². The van der Waals surface area contributed by atoms with Gasteiger partial charge in [0.2, 0.25) is 0 Å². The minimum atomic E-state index is -1.17. The fourth-order valence-corrected chi connectivity index (χ4v) is 1.74. The lowest BCUT2D eigenvalue weighted by Gasteiger charge is -2.14. The molecule has 0 aliphatic carbocycles. The molecule has 1 rings (SSSR count). The molecule has 1 aromatic carbocycles. The maximum atomic E-state index is 11.9. The number of hydrogen-bond acceptors (Lipinski definition) is 3. The van der Waals surface area contributed by atoms with Gasteiger partial charge in [0.25, 0.3) is 5.91 Å². The van der Waals surface area contributed by atoms with Crippen LogP contribution in [0, 0.1) is 6.92 Å². The monoisotopic (exact) mass is 279 g/mol. The lowest BCUT2D eigenvalue weighted by Crippen LogP contribution is -2.40. The number of aryl methyl sites for hydroxylation is 1. The van der Waals surface area contributed by atoms with Crippen LogP contribution in [0.25, 0.3) is 0 Å². The van der Waals surface area contributed by atoms with Crippen LogP contribution in [0.5, 0.6) is 0 Å². The standard InChI is InChI=1S/C14H17NO5/c1-9-4-2-5-10(8-9)13(18)15-11(14(19)20)6-3-7-12(16)17/h2,4-5,8,11H,3,6-7H2,1H3,(H,15,18)(H,16,17)(H,19,20). The summed E-state index contributed by atoms with van der Waals surface area (Å²) in [6.07, 6.45) is 0.156. The SMILES string of the molecule is Cc1cccc(C(=O)NC(CCCC(=O)O)C(=O)O)c1. The number of aliphatic carboxylic acids is 2. The Hall–Kier alpha value is -2.37. The Morgan fingerprint density at radius 2 is 1.95 bits per heavy atom. The van der Waals surface area contributed by atoms with Gasteiger partial charge < -0.3 is 15.5 Å². The highest BCUT2D eigenvalue weighted by Gasteiger charge is 2.20. The van der Waals surface area contributed by atoms with Crippen LogP contribution < -0.4 is 5.32 Å². The molecule has 0 heterocycles. The lowest BCUT2D eigenvalue weighted by atomic mass is 10.1. The van der Waals surface area contributed by atoms with Gasteiger partial charge in [0, 0.05) is 12.0 Å². The van der Waals surface area contributed by atoms with Crippen molar-refractivity contribution in [2.75, 3.05) is 0 Å². The molecule has 0 fully saturated rings. The van der Waals surface area contributed by atoms with Crippen LogP contribution in [0.4, 0.5) is 0 Å². The topological polar surface area (TPSA) is 104 Å². The second-order valence-corrected chi connectivity index (χ2v) is 4.52. The number of rotatable bonds is 7. The molecule has 108 valence electrons. The maximum absolute atomic E-state index is 11.9. The van der Waals surface area contributed by atoms with Crippen molar-refractivity contribution in [2.45, 2.75) is 32.2 Å². The Labute approximate surface area is 116 Å². The first-order valence-corrected chi connectivity index (χ1v) is 6.22. The molecule has 20 heavy (non-hydrogen) atoms. The van der Waals surface area contributed by atoms with Crippen molar-refractivity contribution in [3.05, 3.63) is 35.4 Å². The molecule has 1 amide bonds. The summed E-state index contributed by atoms with van der Waals surface area (Å²) in [7, 11) is 0. The molecule has 0 aliphatic rings. The quantitative estimate of drug-likeness (QED) is 0.700. The van der Waals surface area contributed by atoms with E-state index in [0.717, 1.165) is 5.56 Å². The van der Waals surface area contributed by atoms with Crippen LogP contribution in [-0.4, -0.2) is 34.1 Å². The predicted molar refractivity (Wildman–Crippen MR) is 71.6 cm³/mol. The highest BCUT2D eigenvalue weighted by atomic mass is 16.4. The van der Waals surface area contributed by atoms with Gasteiger partial charge >= 0.3 is 11.9 Å². The fraction of sp³-hybridized carbons (Fsp3) is 0.357. The zero-order valence-electron chi connectivity index (χ0n) is 11.1. The van der Waals surface area contributed by atoms with Crippen LogP contribution in [0.15, 0.2) is 24.3 Å². The molecule has 6 heteroatoms. The molecule has 0 aromatic heterocycles. The van der Waals surface area contributed by atoms with E-state index in [1.165, 1.54) is 0 Å². The molecule has 1 aromatic rings. The fourth-order valence-electron chi connectivity index (χ4n) is 1.74. The lowest BCUT2D eigenvalue weighted by molar-refractivity contribution is -0.140. The molecular formula is C14H17NO5. The average molecular weight is 279 g/mol. The second kappa shape index (κ2) is 7.28. The van der Waals surface area contributed by atoms with Crippen LogP contribution in [-0.2, 0) is 9.59 Å². The van der Waals surface area contributed by atoms with Gasteiger partial charge in [0.1, 0.15) is 6.04 Å². The van der Waals surface area contributed by atoms with E-state index in [9.17, 15) is 14.4 Å². The Kier molecular flexibility index (Phi) is 5.71. The zero-order valence-corrected chi connectivity index (χ0v) is 11.1. The number of carboxylic acids is 2. The summed E-state index contributed by atoms with van der Waals surface area (Å²) < 4.78 is 0. The maximum Gasteiger partial charge on any atom is 0.326 e. The van der Waals surface area contributed by atoms with E-state index < -0.39 is 23.9 Å². The summed E-state index contributed by atoms with van der Waals surface area (Å²) in [6, 6.07) is 5.72. The van der Waals surface area contributed by atoms with Crippen molar-refractivity contribution >= 4 is 17.8 Å². The van der Waals surface area contributed by atoms with E-state index >= 15 is 0 Å². The van der Waals surface area contributed by atoms with E-state index in [-0.39, 0.29) is 19.3 Å². The number of hydrogen-bond donors (Lipinski definition) is 3. The van der Waals surface area contributed by atoms with Crippen molar-refractivity contribution in [1.82, 2.24) is 5.32 Å². The van der Waals surface area contributed by atoms with Crippen molar-refractivity contribution in [3.63, 3.8) is 0 Å². The smallest absolute Gasteiger partial charge is 0.326 e. The minimum absolute atomic E-state index is 0.0825. The highest BCUT2D eigenvalue weighted by Crippen LogP contribution is 2.06. The number of carbonyl (C=O) groups is 3. The third-order valence-corrected chi connectivity index (χ3v) is 2.77. The molecule has 0 radical (unpaired) electrons. The van der Waals surface area contributed by atoms with E-state index in [1.807, 2.05) is 13.0 Å². The van der Waals surface area contributed by atoms with Crippen LogP contribution in [0.2, 0.25) is 0 Å². The van der Waals surface area contributed by atoms with Crippen LogP contribution >= 0.6 is 0 Å². The minimum Gasteiger partial charge on any atom is -0.481 e. The van der Waals surface area contributed by atoms with E-state index in [4.69, 9.17) is 10.2 Å². The molecule has 0 saturated carbocycles. The summed E-state index contributed by atoms with van der Waals surface area (Å²) in [4.78, 5) is 33.4. The van der Waals surface area contributed by atoms with Crippen molar-refractivity contribution < 1.29 is 24.6 Å². The van der Waals surface area contributed by atoms with Gasteiger partial charge in [-0.05, 0) is 31.9 Å². The van der Waals surface area contributed by atoms with Crippen molar-refractivity contribution in [3.8, 4) is 0 Å². The molecule has 6 nitrogen and oxygen atoms in total. The van der Waals surface area contributed by atoms with E-state index in [0.29, 0.717) is 5.56 Å². The van der Waals surface area contributed by atoms with Crippen LogP contribution in [0.3, 0.4) is 0 Å². The Morgan fingerprint density at radius 3 is 2.50 bits per heavy atom. The number of carboxylic acid groups (broad SMARTS) is 2. The zero-order chi connectivity index (χ0) is 15.1. The number of amides is 1. The molecule has 0 spiro atoms. The second-order valence-electron chi connectivity index (χ2n) is 4.52.